The van der Waals surface area contributed by atoms with Gasteiger partial charge in [-0.3, -0.25) is 38.4 Å². The summed E-state index contributed by atoms with van der Waals surface area (Å²) in [6.45, 7) is 14.2. The highest BCUT2D eigenvalue weighted by atomic mass is 32.1. The molecular weight excluding hydrogens is 1040 g/mol. The summed E-state index contributed by atoms with van der Waals surface area (Å²) in [5, 5.41) is 52.7. The number of carboxylic acid groups (broad SMARTS) is 4. The molecule has 0 aromatic carbocycles. The lowest BCUT2D eigenvalue weighted by Gasteiger charge is -2.29. The van der Waals surface area contributed by atoms with E-state index in [1.165, 1.54) is 45.3 Å². The average Bonchev–Trinajstić information content (AvgIpc) is 4.21. The fraction of sp³-hybridized carbons (Fsp3) is 0.480. The number of rotatable bonds is 29. The van der Waals surface area contributed by atoms with E-state index in [-0.39, 0.29) is 11.8 Å². The molecule has 0 radical (unpaired) electrons. The van der Waals surface area contributed by atoms with Crippen LogP contribution < -0.4 is 31.9 Å². The Bertz CT molecular complexity index is 2500. The first-order valence-corrected chi connectivity index (χ1v) is 27.3. The lowest BCUT2D eigenvalue weighted by molar-refractivity contribution is -0.147. The van der Waals surface area contributed by atoms with Crippen molar-refractivity contribution >= 4 is 105 Å². The van der Waals surface area contributed by atoms with E-state index in [9.17, 15) is 58.2 Å². The minimum atomic E-state index is -1.71. The Morgan fingerprint density at radius 1 is 0.378 bits per heavy atom. The molecule has 0 saturated carbocycles. The summed E-state index contributed by atoms with van der Waals surface area (Å²) in [5.74, 6) is -11.7. The van der Waals surface area contributed by atoms with Gasteiger partial charge in [-0.25, -0.2) is 9.59 Å². The van der Waals surface area contributed by atoms with Gasteiger partial charge < -0.3 is 52.3 Å². The van der Waals surface area contributed by atoms with Gasteiger partial charge >= 0.3 is 23.9 Å². The highest BCUT2D eigenvalue weighted by Crippen LogP contribution is 2.43. The number of hydrogen-bond acceptors (Lipinski definition) is 14. The van der Waals surface area contributed by atoms with E-state index < -0.39 is 120 Å². The molecule has 0 aliphatic rings. The fourth-order valence-corrected chi connectivity index (χ4v) is 11.5. The van der Waals surface area contributed by atoms with Gasteiger partial charge in [0, 0.05) is 29.3 Å². The largest absolute Gasteiger partial charge is 0.481 e. The second-order valence-corrected chi connectivity index (χ2v) is 22.4. The quantitative estimate of drug-likeness (QED) is 0.0283. The summed E-state index contributed by atoms with van der Waals surface area (Å²) >= 11 is 5.47. The van der Waals surface area contributed by atoms with E-state index >= 15 is 0 Å². The van der Waals surface area contributed by atoms with Gasteiger partial charge in [-0.2, -0.15) is 0 Å². The van der Waals surface area contributed by atoms with Crippen molar-refractivity contribution in [1.82, 2.24) is 31.9 Å². The molecule has 0 aliphatic carbocycles. The van der Waals surface area contributed by atoms with Gasteiger partial charge in [0.2, 0.25) is 23.6 Å². The Morgan fingerprint density at radius 2 is 0.622 bits per heavy atom. The number of carboxylic acids is 4. The molecule has 24 heteroatoms. The van der Waals surface area contributed by atoms with Crippen LogP contribution in [0.1, 0.15) is 113 Å². The van der Waals surface area contributed by atoms with Crippen molar-refractivity contribution in [3.8, 4) is 29.3 Å². The van der Waals surface area contributed by atoms with Crippen LogP contribution in [-0.2, 0) is 38.4 Å². The number of carbonyl (C=O) groups is 10. The Labute approximate surface area is 444 Å². The minimum Gasteiger partial charge on any atom is -0.481 e. The maximum absolute atomic E-state index is 13.8. The van der Waals surface area contributed by atoms with Crippen LogP contribution in [0.25, 0.3) is 29.3 Å². The molecule has 6 amide bonds. The van der Waals surface area contributed by atoms with E-state index in [1.807, 2.05) is 50.2 Å². The monoisotopic (exact) mass is 1100 g/mol. The van der Waals surface area contributed by atoms with E-state index in [2.05, 4.69) is 31.9 Å². The minimum absolute atomic E-state index is 0.334. The molecule has 0 unspecified atom stereocenters. The van der Waals surface area contributed by atoms with Gasteiger partial charge in [0.15, 0.2) is 0 Å². The summed E-state index contributed by atoms with van der Waals surface area (Å²) in [6.07, 6.45) is 0.0983. The molecule has 20 nitrogen and oxygen atoms in total. The number of carbonyl (C=O) groups excluding carboxylic acids is 6. The first kappa shape index (κ1) is 60.1. The van der Waals surface area contributed by atoms with E-state index in [0.29, 0.717) is 35.4 Å². The Kier molecular flexibility index (Phi) is 22.5. The first-order chi connectivity index (χ1) is 34.9. The smallest absolute Gasteiger partial charge is 0.326 e. The third-order valence-corrected chi connectivity index (χ3v) is 17.7. The van der Waals surface area contributed by atoms with Crippen LogP contribution in [0.4, 0.5) is 0 Å². The third kappa shape index (κ3) is 16.2. The maximum atomic E-state index is 13.8. The van der Waals surface area contributed by atoms with Crippen molar-refractivity contribution in [2.75, 3.05) is 0 Å². The fourth-order valence-electron chi connectivity index (χ4n) is 7.38. The van der Waals surface area contributed by atoms with Crippen LogP contribution in [0.2, 0.25) is 0 Å². The Balaban J connectivity index is 1.45. The molecule has 0 spiro atoms. The molecule has 4 aromatic heterocycles. The molecule has 4 aromatic rings. The standard InChI is InChI=1S/C50H64N6O14S4/c1-9-23(5)39(45(63)51-27(49(67)68)21-37(57)58)55-47(65)41(25(7)11-3)53-43(61)35-19-17-33(73-35)31-15-13-29(71-31)30-14-16-32(72-30)34-18-20-36(74-34)44(62)54-42(26(8)12-4)48(66)56-40(24(6)10-2)46(64)52-28(50(69)70)22-38(59)60/h13-20,23-28,39-42H,9-12,21-22H2,1-8H3,(H,51,63)(H,52,64)(H,53,61)(H,54,62)(H,55,65)(H,56,66)(H,57,58)(H,59,60)(H,67,68)(H,69,70)/t23-,24-,25-,26-,27-,28-,39-,40-,41-,42-/m0/s1. The average molecular weight is 1100 g/mol. The zero-order valence-corrected chi connectivity index (χ0v) is 45.4. The summed E-state index contributed by atoms with van der Waals surface area (Å²) < 4.78 is 0. The number of aliphatic carboxylic acids is 4. The Morgan fingerprint density at radius 3 is 0.878 bits per heavy atom. The van der Waals surface area contributed by atoms with Crippen molar-refractivity contribution in [2.45, 2.75) is 130 Å². The van der Waals surface area contributed by atoms with E-state index in [1.54, 1.807) is 53.7 Å². The van der Waals surface area contributed by atoms with Gasteiger partial charge in [0.25, 0.3) is 11.8 Å². The van der Waals surface area contributed by atoms with Gasteiger partial charge in [-0.1, -0.05) is 81.1 Å². The lowest BCUT2D eigenvalue weighted by Crippen LogP contribution is -2.59. The van der Waals surface area contributed by atoms with Crippen molar-refractivity contribution < 1.29 is 68.4 Å². The van der Waals surface area contributed by atoms with Crippen LogP contribution in [0.3, 0.4) is 0 Å². The van der Waals surface area contributed by atoms with Crippen LogP contribution in [0.15, 0.2) is 48.5 Å². The molecular formula is C50H64N6O14S4. The van der Waals surface area contributed by atoms with Gasteiger partial charge in [-0.15, -0.1) is 45.3 Å². The van der Waals surface area contributed by atoms with Crippen molar-refractivity contribution in [3.63, 3.8) is 0 Å². The zero-order chi connectivity index (χ0) is 55.1. The molecule has 4 rings (SSSR count). The first-order valence-electron chi connectivity index (χ1n) is 24.1. The second-order valence-electron chi connectivity index (χ2n) is 18.1. The molecule has 0 aliphatic heterocycles. The van der Waals surface area contributed by atoms with Crippen LogP contribution in [0.5, 0.6) is 0 Å². The number of hydrogen-bond donors (Lipinski definition) is 10. The van der Waals surface area contributed by atoms with Crippen LogP contribution in [-0.4, -0.2) is 116 Å². The van der Waals surface area contributed by atoms with Gasteiger partial charge in [0.1, 0.15) is 36.3 Å². The summed E-state index contributed by atoms with van der Waals surface area (Å²) in [5.41, 5.74) is 0. The number of amides is 6. The summed E-state index contributed by atoms with van der Waals surface area (Å²) in [4.78, 5) is 133. The summed E-state index contributed by atoms with van der Waals surface area (Å²) in [6, 6.07) is 6.75. The molecule has 402 valence electrons. The Hall–Kier alpha value is -6.50. The number of nitrogens with one attached hydrogen (secondary N) is 6. The number of thiophene rings is 4. The van der Waals surface area contributed by atoms with Crippen molar-refractivity contribution in [1.29, 1.82) is 0 Å². The summed E-state index contributed by atoms with van der Waals surface area (Å²) in [7, 11) is 0. The maximum Gasteiger partial charge on any atom is 0.326 e. The molecule has 0 fully saturated rings. The highest BCUT2D eigenvalue weighted by Gasteiger charge is 2.37. The topological polar surface area (TPSA) is 324 Å². The van der Waals surface area contributed by atoms with Crippen LogP contribution >= 0.6 is 45.3 Å². The SMILES string of the molecule is CC[C@H](C)[C@H](NC(=O)c1ccc(-c2ccc(-c3ccc(-c4ccc(C(=O)N[C@H](C(=O)N[C@H](C(=O)N[C@@H](CC(=O)O)C(=O)O)[C@@H](C)CC)[C@@H](C)CC)s4)s3)s2)s1)C(=O)N[C@H](C(=O)N[C@@H](CC(=O)O)C(=O)O)[C@@H](C)CC. The molecule has 10 atom stereocenters. The third-order valence-electron chi connectivity index (χ3n) is 12.7. The zero-order valence-electron chi connectivity index (χ0n) is 42.1. The molecule has 4 heterocycles. The van der Waals surface area contributed by atoms with E-state index in [0.717, 1.165) is 29.3 Å². The van der Waals surface area contributed by atoms with Crippen LogP contribution in [0, 0.1) is 23.7 Å². The predicted molar refractivity (Wildman–Crippen MR) is 282 cm³/mol. The molecule has 0 bridgehead atoms. The second kappa shape index (κ2) is 27.7. The van der Waals surface area contributed by atoms with Crippen molar-refractivity contribution in [2.24, 2.45) is 23.7 Å². The van der Waals surface area contributed by atoms with Gasteiger partial charge in [0.05, 0.1) is 22.6 Å². The van der Waals surface area contributed by atoms with Gasteiger partial charge in [-0.05, 0) is 72.2 Å². The normalized spacial score (nSPS) is 15.3. The molecule has 10 N–H and O–H groups in total. The van der Waals surface area contributed by atoms with Crippen molar-refractivity contribution in [3.05, 3.63) is 58.3 Å². The molecule has 74 heavy (non-hydrogen) atoms. The predicted octanol–water partition coefficient (Wildman–Crippen LogP) is 6.37. The lowest BCUT2D eigenvalue weighted by atomic mass is 9.94. The highest BCUT2D eigenvalue weighted by molar-refractivity contribution is 7.29. The van der Waals surface area contributed by atoms with E-state index in [4.69, 9.17) is 10.2 Å². The molecule has 0 saturated heterocycles.